The molecule has 0 aromatic heterocycles. The van der Waals surface area contributed by atoms with E-state index in [0.29, 0.717) is 17.8 Å². The molecule has 0 heterocycles. The van der Waals surface area contributed by atoms with Gasteiger partial charge < -0.3 is 15.8 Å². The van der Waals surface area contributed by atoms with Crippen molar-refractivity contribution in [3.63, 3.8) is 0 Å². The van der Waals surface area contributed by atoms with Crippen molar-refractivity contribution in [1.29, 1.82) is 0 Å². The molecule has 0 saturated heterocycles. The van der Waals surface area contributed by atoms with Crippen LogP contribution in [0.3, 0.4) is 0 Å². The Labute approximate surface area is 145 Å². The van der Waals surface area contributed by atoms with Crippen molar-refractivity contribution in [3.8, 4) is 0 Å². The number of rotatable bonds is 6. The van der Waals surface area contributed by atoms with Crippen molar-refractivity contribution in [2.75, 3.05) is 19.4 Å². The third-order valence-corrected chi connectivity index (χ3v) is 4.44. The zero-order chi connectivity index (χ0) is 17.5. The summed E-state index contributed by atoms with van der Waals surface area (Å²) in [5, 5.41) is 2.75. The fraction of sp³-hybridized carbons (Fsp3) is 0.222. The number of nitrogen functional groups attached to an aromatic ring is 1. The van der Waals surface area contributed by atoms with E-state index in [1.807, 2.05) is 37.3 Å². The Bertz CT molecular complexity index is 730. The molecule has 3 N–H and O–H groups in total. The minimum atomic E-state index is -0.263. The number of ether oxygens (including phenoxy) is 1. The normalized spacial score (nSPS) is 10.2. The van der Waals surface area contributed by atoms with Gasteiger partial charge in [-0.3, -0.25) is 9.59 Å². The van der Waals surface area contributed by atoms with E-state index in [1.165, 1.54) is 18.9 Å². The third kappa shape index (κ3) is 4.76. The number of methoxy groups -OCH3 is 1. The fourth-order valence-corrected chi connectivity index (χ4v) is 2.93. The maximum atomic E-state index is 11.8. The number of hydrogen-bond donors (Lipinski definition) is 2. The van der Waals surface area contributed by atoms with Crippen LogP contribution in [-0.2, 0) is 16.0 Å². The summed E-state index contributed by atoms with van der Waals surface area (Å²) in [7, 11) is 1.37. The Morgan fingerprint density at radius 3 is 2.46 bits per heavy atom. The largest absolute Gasteiger partial charge is 0.469 e. The highest BCUT2D eigenvalue weighted by Crippen LogP contribution is 2.32. The van der Waals surface area contributed by atoms with Crippen LogP contribution in [0.15, 0.2) is 52.3 Å². The van der Waals surface area contributed by atoms with Crippen molar-refractivity contribution in [2.24, 2.45) is 0 Å². The lowest BCUT2D eigenvalue weighted by Gasteiger charge is -2.09. The average molecular weight is 344 g/mol. The summed E-state index contributed by atoms with van der Waals surface area (Å²) in [6, 6.07) is 12.9. The predicted molar refractivity (Wildman–Crippen MR) is 95.1 cm³/mol. The maximum Gasteiger partial charge on any atom is 0.309 e. The molecule has 2 rings (SSSR count). The van der Waals surface area contributed by atoms with Crippen molar-refractivity contribution >= 4 is 29.3 Å². The van der Waals surface area contributed by atoms with Crippen molar-refractivity contribution in [2.45, 2.75) is 23.1 Å². The van der Waals surface area contributed by atoms with Gasteiger partial charge in [-0.15, -0.1) is 0 Å². The molecule has 5 nitrogen and oxygen atoms in total. The number of carbonyl (C=O) groups is 2. The standard InChI is InChI=1S/C18H20N2O3S/c1-3-20-18(22)13-6-9-16(15(19)11-13)24-14-7-4-12(5-8-14)10-17(21)23-2/h4-9,11H,3,10,19H2,1-2H3,(H,20,22). The lowest BCUT2D eigenvalue weighted by molar-refractivity contribution is -0.139. The van der Waals surface area contributed by atoms with E-state index in [2.05, 4.69) is 10.1 Å². The zero-order valence-electron chi connectivity index (χ0n) is 13.7. The summed E-state index contributed by atoms with van der Waals surface area (Å²) in [5.41, 5.74) is 8.06. The van der Waals surface area contributed by atoms with Crippen LogP contribution in [0.25, 0.3) is 0 Å². The zero-order valence-corrected chi connectivity index (χ0v) is 14.5. The van der Waals surface area contributed by atoms with Gasteiger partial charge in [0.15, 0.2) is 0 Å². The number of anilines is 1. The molecule has 0 spiro atoms. The number of esters is 1. The molecular formula is C18H20N2O3S. The van der Waals surface area contributed by atoms with Crippen LogP contribution in [0.4, 0.5) is 5.69 Å². The van der Waals surface area contributed by atoms with E-state index in [4.69, 9.17) is 5.73 Å². The molecule has 0 fully saturated rings. The van der Waals surface area contributed by atoms with E-state index in [9.17, 15) is 9.59 Å². The Hall–Kier alpha value is -2.47. The number of carbonyl (C=O) groups excluding carboxylic acids is 2. The van der Waals surface area contributed by atoms with Gasteiger partial charge in [0.25, 0.3) is 5.91 Å². The molecule has 0 radical (unpaired) electrons. The SMILES string of the molecule is CCNC(=O)c1ccc(Sc2ccc(CC(=O)OC)cc2)c(N)c1. The molecule has 1 amide bonds. The fourth-order valence-electron chi connectivity index (χ4n) is 2.09. The van der Waals surface area contributed by atoms with Crippen molar-refractivity contribution < 1.29 is 14.3 Å². The van der Waals surface area contributed by atoms with Crippen molar-refractivity contribution in [1.82, 2.24) is 5.32 Å². The van der Waals surface area contributed by atoms with E-state index in [1.54, 1.807) is 12.1 Å². The van der Waals surface area contributed by atoms with E-state index >= 15 is 0 Å². The molecule has 0 saturated carbocycles. The highest BCUT2D eigenvalue weighted by atomic mass is 32.2. The lowest BCUT2D eigenvalue weighted by Crippen LogP contribution is -2.22. The first-order valence-corrected chi connectivity index (χ1v) is 8.36. The monoisotopic (exact) mass is 344 g/mol. The van der Waals surface area contributed by atoms with Crippen LogP contribution >= 0.6 is 11.8 Å². The average Bonchev–Trinajstić information content (AvgIpc) is 2.58. The number of hydrogen-bond acceptors (Lipinski definition) is 5. The van der Waals surface area contributed by atoms with E-state index in [-0.39, 0.29) is 18.3 Å². The van der Waals surface area contributed by atoms with Gasteiger partial charge in [-0.05, 0) is 42.8 Å². The van der Waals surface area contributed by atoms with Crippen LogP contribution in [0, 0.1) is 0 Å². The first-order valence-electron chi connectivity index (χ1n) is 7.54. The molecule has 2 aromatic carbocycles. The van der Waals surface area contributed by atoms with Gasteiger partial charge in [-0.2, -0.15) is 0 Å². The number of nitrogens with one attached hydrogen (secondary N) is 1. The molecule has 2 aromatic rings. The van der Waals surface area contributed by atoms with Crippen LogP contribution in [0.5, 0.6) is 0 Å². The van der Waals surface area contributed by atoms with Crippen LogP contribution < -0.4 is 11.1 Å². The summed E-state index contributed by atoms with van der Waals surface area (Å²) in [4.78, 5) is 24.9. The molecule has 0 bridgehead atoms. The van der Waals surface area contributed by atoms with Crippen LogP contribution in [0.2, 0.25) is 0 Å². The second-order valence-electron chi connectivity index (χ2n) is 5.11. The molecule has 0 unspecified atom stereocenters. The highest BCUT2D eigenvalue weighted by Gasteiger charge is 2.09. The van der Waals surface area contributed by atoms with Gasteiger partial charge in [-0.1, -0.05) is 23.9 Å². The Kier molecular flexibility index (Phi) is 6.26. The van der Waals surface area contributed by atoms with Crippen LogP contribution in [0.1, 0.15) is 22.8 Å². The molecular weight excluding hydrogens is 324 g/mol. The first-order chi connectivity index (χ1) is 11.5. The highest BCUT2D eigenvalue weighted by molar-refractivity contribution is 7.99. The van der Waals surface area contributed by atoms with Gasteiger partial charge in [0.05, 0.1) is 13.5 Å². The quantitative estimate of drug-likeness (QED) is 0.622. The molecule has 126 valence electrons. The Morgan fingerprint density at radius 2 is 1.88 bits per heavy atom. The van der Waals surface area contributed by atoms with Crippen LogP contribution in [-0.4, -0.2) is 25.5 Å². The summed E-state index contributed by atoms with van der Waals surface area (Å²) in [5.74, 6) is -0.395. The molecule has 24 heavy (non-hydrogen) atoms. The molecule has 0 aliphatic carbocycles. The molecule has 0 aliphatic rings. The number of nitrogens with two attached hydrogens (primary N) is 1. The van der Waals surface area contributed by atoms with Crippen molar-refractivity contribution in [3.05, 3.63) is 53.6 Å². The predicted octanol–water partition coefficient (Wildman–Crippen LogP) is 2.89. The molecule has 6 heteroatoms. The second kappa shape index (κ2) is 8.40. The third-order valence-electron chi connectivity index (χ3n) is 3.34. The van der Waals surface area contributed by atoms with Gasteiger partial charge >= 0.3 is 5.97 Å². The summed E-state index contributed by atoms with van der Waals surface area (Å²) >= 11 is 1.51. The summed E-state index contributed by atoms with van der Waals surface area (Å²) in [6.45, 7) is 2.45. The molecule has 0 atom stereocenters. The lowest BCUT2D eigenvalue weighted by atomic mass is 10.1. The maximum absolute atomic E-state index is 11.8. The Balaban J connectivity index is 2.08. The molecule has 0 aliphatic heterocycles. The van der Waals surface area contributed by atoms with E-state index in [0.717, 1.165) is 15.4 Å². The minimum absolute atomic E-state index is 0.132. The number of benzene rings is 2. The van der Waals surface area contributed by atoms with Gasteiger partial charge in [0.1, 0.15) is 0 Å². The number of amides is 1. The summed E-state index contributed by atoms with van der Waals surface area (Å²) in [6.07, 6.45) is 0.255. The minimum Gasteiger partial charge on any atom is -0.469 e. The first kappa shape index (κ1) is 17.9. The topological polar surface area (TPSA) is 81.4 Å². The summed E-state index contributed by atoms with van der Waals surface area (Å²) < 4.78 is 4.65. The van der Waals surface area contributed by atoms with E-state index < -0.39 is 0 Å². The van der Waals surface area contributed by atoms with Gasteiger partial charge in [-0.25, -0.2) is 0 Å². The smallest absolute Gasteiger partial charge is 0.309 e. The second-order valence-corrected chi connectivity index (χ2v) is 6.23. The van der Waals surface area contributed by atoms with Gasteiger partial charge in [0.2, 0.25) is 0 Å². The van der Waals surface area contributed by atoms with Gasteiger partial charge in [0, 0.05) is 27.6 Å². The Morgan fingerprint density at radius 1 is 1.17 bits per heavy atom.